The number of ether oxygens (including phenoxy) is 1. The highest BCUT2D eigenvalue weighted by molar-refractivity contribution is 9.10. The highest BCUT2D eigenvalue weighted by Crippen LogP contribution is 2.25. The summed E-state index contributed by atoms with van der Waals surface area (Å²) >= 11 is 3.24. The van der Waals surface area contributed by atoms with Crippen LogP contribution in [0.4, 0.5) is 4.39 Å². The van der Waals surface area contributed by atoms with Crippen molar-refractivity contribution >= 4 is 15.9 Å². The fourth-order valence-electron chi connectivity index (χ4n) is 0.847. The van der Waals surface area contributed by atoms with Crippen LogP contribution in [0.25, 0.3) is 0 Å². The summed E-state index contributed by atoms with van der Waals surface area (Å²) in [7, 11) is 0. The Kier molecular flexibility index (Phi) is 3.49. The summed E-state index contributed by atoms with van der Waals surface area (Å²) in [5.74, 6) is 0.495. The number of nitrogens with two attached hydrogens (primary N) is 1. The van der Waals surface area contributed by atoms with Crippen molar-refractivity contribution < 1.29 is 9.13 Å². The maximum absolute atomic E-state index is 11.8. The van der Waals surface area contributed by atoms with Gasteiger partial charge in [-0.25, -0.2) is 4.39 Å². The van der Waals surface area contributed by atoms with E-state index in [9.17, 15) is 4.39 Å². The molecule has 0 atom stereocenters. The van der Waals surface area contributed by atoms with Gasteiger partial charge in [-0.1, -0.05) is 6.07 Å². The highest BCUT2D eigenvalue weighted by atomic mass is 79.9. The minimum Gasteiger partial charge on any atom is -0.462 e. The first-order valence-electron chi connectivity index (χ1n) is 3.45. The Hall–Kier alpha value is -0.610. The van der Waals surface area contributed by atoms with E-state index in [0.29, 0.717) is 12.3 Å². The number of rotatable bonds is 3. The topological polar surface area (TPSA) is 35.2 Å². The van der Waals surface area contributed by atoms with Crippen molar-refractivity contribution in [3.63, 3.8) is 0 Å². The van der Waals surface area contributed by atoms with E-state index < -0.39 is 6.86 Å². The fourth-order valence-corrected chi connectivity index (χ4v) is 1.39. The molecule has 0 amide bonds. The average molecular weight is 234 g/mol. The largest absolute Gasteiger partial charge is 0.462 e. The second kappa shape index (κ2) is 4.42. The van der Waals surface area contributed by atoms with Gasteiger partial charge >= 0.3 is 0 Å². The van der Waals surface area contributed by atoms with Gasteiger partial charge in [0.2, 0.25) is 6.86 Å². The van der Waals surface area contributed by atoms with Crippen LogP contribution in [-0.4, -0.2) is 6.86 Å². The first-order valence-corrected chi connectivity index (χ1v) is 4.24. The van der Waals surface area contributed by atoms with Crippen LogP contribution in [0.15, 0.2) is 22.7 Å². The van der Waals surface area contributed by atoms with E-state index in [1.165, 1.54) is 0 Å². The molecule has 0 spiro atoms. The molecule has 0 radical (unpaired) electrons. The molecule has 0 aromatic heterocycles. The number of hydrogen-bond acceptors (Lipinski definition) is 2. The van der Waals surface area contributed by atoms with Crippen molar-refractivity contribution in [2.75, 3.05) is 6.86 Å². The third kappa shape index (κ3) is 2.19. The molecular weight excluding hydrogens is 225 g/mol. The third-order valence-electron chi connectivity index (χ3n) is 1.44. The molecule has 0 heterocycles. The molecule has 2 nitrogen and oxygen atoms in total. The van der Waals surface area contributed by atoms with E-state index in [1.807, 2.05) is 6.07 Å². The molecule has 2 N–H and O–H groups in total. The van der Waals surface area contributed by atoms with E-state index >= 15 is 0 Å². The predicted octanol–water partition coefficient (Wildman–Crippen LogP) is 2.21. The first-order chi connectivity index (χ1) is 5.77. The van der Waals surface area contributed by atoms with Crippen molar-refractivity contribution in [2.24, 2.45) is 5.73 Å². The number of hydrogen-bond donors (Lipinski definition) is 1. The van der Waals surface area contributed by atoms with Crippen molar-refractivity contribution in [2.45, 2.75) is 6.54 Å². The van der Waals surface area contributed by atoms with Gasteiger partial charge in [-0.15, -0.1) is 0 Å². The monoisotopic (exact) mass is 233 g/mol. The second-order valence-corrected chi connectivity index (χ2v) is 3.08. The van der Waals surface area contributed by atoms with Gasteiger partial charge in [-0.3, -0.25) is 0 Å². The maximum Gasteiger partial charge on any atom is 0.228 e. The Balaban J connectivity index is 2.87. The highest BCUT2D eigenvalue weighted by Gasteiger charge is 2.00. The number of alkyl halides is 1. The Morgan fingerprint density at radius 2 is 2.25 bits per heavy atom. The average Bonchev–Trinajstić information content (AvgIpc) is 2.09. The van der Waals surface area contributed by atoms with Crippen LogP contribution < -0.4 is 10.5 Å². The van der Waals surface area contributed by atoms with Crippen LogP contribution in [0.2, 0.25) is 0 Å². The zero-order valence-electron chi connectivity index (χ0n) is 6.39. The van der Waals surface area contributed by atoms with Gasteiger partial charge in [0.25, 0.3) is 0 Å². The van der Waals surface area contributed by atoms with Crippen LogP contribution in [0.3, 0.4) is 0 Å². The maximum atomic E-state index is 11.8. The smallest absolute Gasteiger partial charge is 0.228 e. The van der Waals surface area contributed by atoms with E-state index in [0.717, 1.165) is 10.0 Å². The van der Waals surface area contributed by atoms with Crippen LogP contribution in [0, 0.1) is 0 Å². The van der Waals surface area contributed by atoms with Crippen LogP contribution in [0.5, 0.6) is 5.75 Å². The summed E-state index contributed by atoms with van der Waals surface area (Å²) in [6, 6.07) is 5.30. The van der Waals surface area contributed by atoms with Crippen molar-refractivity contribution in [3.8, 4) is 5.75 Å². The van der Waals surface area contributed by atoms with Crippen molar-refractivity contribution in [1.29, 1.82) is 0 Å². The van der Waals surface area contributed by atoms with Crippen LogP contribution >= 0.6 is 15.9 Å². The number of benzene rings is 1. The summed E-state index contributed by atoms with van der Waals surface area (Å²) in [6.07, 6.45) is 0. The van der Waals surface area contributed by atoms with Crippen molar-refractivity contribution in [3.05, 3.63) is 28.2 Å². The molecule has 1 rings (SSSR count). The minimum atomic E-state index is -0.819. The molecule has 4 heteroatoms. The van der Waals surface area contributed by atoms with E-state index in [4.69, 9.17) is 5.73 Å². The summed E-state index contributed by atoms with van der Waals surface area (Å²) in [6.45, 7) is -0.352. The Bertz CT molecular complexity index is 267. The van der Waals surface area contributed by atoms with Gasteiger partial charge in [-0.2, -0.15) is 0 Å². The van der Waals surface area contributed by atoms with Crippen LogP contribution in [-0.2, 0) is 6.54 Å². The molecule has 1 aromatic carbocycles. The zero-order chi connectivity index (χ0) is 8.97. The molecule has 12 heavy (non-hydrogen) atoms. The molecular formula is C8H9BrFNO. The molecule has 0 aliphatic carbocycles. The molecule has 0 saturated carbocycles. The third-order valence-corrected chi connectivity index (χ3v) is 2.06. The molecule has 0 fully saturated rings. The minimum absolute atomic E-state index is 0.467. The normalized spacial score (nSPS) is 9.92. The van der Waals surface area contributed by atoms with E-state index in [-0.39, 0.29) is 0 Å². The lowest BCUT2D eigenvalue weighted by Crippen LogP contribution is -1.97. The van der Waals surface area contributed by atoms with Gasteiger partial charge in [0.05, 0.1) is 4.47 Å². The Labute approximate surface area is 78.6 Å². The van der Waals surface area contributed by atoms with Gasteiger partial charge in [0, 0.05) is 6.54 Å². The standard InChI is InChI=1S/C8H9BrFNO/c9-7-3-6(4-11)1-2-8(7)12-5-10/h1-3H,4-5,11H2. The summed E-state index contributed by atoms with van der Waals surface area (Å²) in [4.78, 5) is 0. The summed E-state index contributed by atoms with van der Waals surface area (Å²) < 4.78 is 17.2. The molecule has 0 bridgehead atoms. The first kappa shape index (κ1) is 9.48. The Morgan fingerprint density at radius 3 is 2.75 bits per heavy atom. The summed E-state index contributed by atoms with van der Waals surface area (Å²) in [5.41, 5.74) is 6.39. The number of halogens is 2. The lowest BCUT2D eigenvalue weighted by atomic mass is 10.2. The molecule has 0 unspecified atom stereocenters. The predicted molar refractivity (Wildman–Crippen MR) is 48.6 cm³/mol. The fraction of sp³-hybridized carbons (Fsp3) is 0.250. The Morgan fingerprint density at radius 1 is 1.50 bits per heavy atom. The van der Waals surface area contributed by atoms with Gasteiger partial charge < -0.3 is 10.5 Å². The van der Waals surface area contributed by atoms with Gasteiger partial charge in [0.1, 0.15) is 5.75 Å². The van der Waals surface area contributed by atoms with Gasteiger partial charge in [0.15, 0.2) is 0 Å². The van der Waals surface area contributed by atoms with Crippen LogP contribution in [0.1, 0.15) is 5.56 Å². The molecule has 0 aliphatic rings. The lowest BCUT2D eigenvalue weighted by Gasteiger charge is -2.04. The van der Waals surface area contributed by atoms with Crippen molar-refractivity contribution in [1.82, 2.24) is 0 Å². The van der Waals surface area contributed by atoms with Gasteiger partial charge in [-0.05, 0) is 33.6 Å². The molecule has 66 valence electrons. The zero-order valence-corrected chi connectivity index (χ0v) is 7.97. The SMILES string of the molecule is NCc1ccc(OCF)c(Br)c1. The molecule has 0 saturated heterocycles. The lowest BCUT2D eigenvalue weighted by molar-refractivity contribution is 0.190. The second-order valence-electron chi connectivity index (χ2n) is 2.22. The summed E-state index contributed by atoms with van der Waals surface area (Å²) in [5, 5.41) is 0. The quantitative estimate of drug-likeness (QED) is 0.870. The van der Waals surface area contributed by atoms with E-state index in [2.05, 4.69) is 20.7 Å². The molecule has 0 aliphatic heterocycles. The molecule has 1 aromatic rings. The van der Waals surface area contributed by atoms with E-state index in [1.54, 1.807) is 12.1 Å².